The summed E-state index contributed by atoms with van der Waals surface area (Å²) in [5.74, 6) is -0.430. The fourth-order valence-corrected chi connectivity index (χ4v) is 4.26. The number of carbonyl (C=O) groups excluding carboxylic acids is 1. The molecule has 0 aliphatic carbocycles. The quantitative estimate of drug-likeness (QED) is 0.666. The molecule has 0 radical (unpaired) electrons. The van der Waals surface area contributed by atoms with Gasteiger partial charge in [-0.1, -0.05) is 25.5 Å². The summed E-state index contributed by atoms with van der Waals surface area (Å²) in [5.41, 5.74) is 0.0573. The predicted molar refractivity (Wildman–Crippen MR) is 113 cm³/mol. The highest BCUT2D eigenvalue weighted by atomic mass is 32.1. The Labute approximate surface area is 178 Å². The number of piperazine rings is 1. The van der Waals surface area contributed by atoms with Crippen molar-refractivity contribution in [1.82, 2.24) is 14.8 Å². The van der Waals surface area contributed by atoms with Gasteiger partial charge in [0.25, 0.3) is 0 Å². The SMILES string of the molecule is CCCCc1nc(CN2CCN(CC(=O)Nc3ccccc3C(F)(F)F)CC2)cs1. The highest BCUT2D eigenvalue weighted by Crippen LogP contribution is 2.34. The standard InChI is InChI=1S/C21H27F3N4OS/c1-2-3-8-20-25-16(15-30-20)13-27-9-11-28(12-10-27)14-19(29)26-18-7-5-4-6-17(18)21(22,23)24/h4-7,15H,2-3,8-14H2,1H3,(H,26,29). The Morgan fingerprint density at radius 2 is 1.87 bits per heavy atom. The van der Waals surface area contributed by atoms with E-state index in [2.05, 4.69) is 22.5 Å². The number of aryl methyl sites for hydroxylation is 1. The zero-order valence-electron chi connectivity index (χ0n) is 17.0. The molecule has 0 unspecified atom stereocenters. The van der Waals surface area contributed by atoms with Crippen LogP contribution in [-0.4, -0.2) is 53.4 Å². The lowest BCUT2D eigenvalue weighted by molar-refractivity contribution is -0.137. The van der Waals surface area contributed by atoms with E-state index in [1.807, 2.05) is 4.90 Å². The zero-order valence-corrected chi connectivity index (χ0v) is 17.9. The largest absolute Gasteiger partial charge is 0.418 e. The second-order valence-electron chi connectivity index (χ2n) is 7.48. The zero-order chi connectivity index (χ0) is 21.6. The van der Waals surface area contributed by atoms with Gasteiger partial charge in [-0.15, -0.1) is 11.3 Å². The van der Waals surface area contributed by atoms with Crippen LogP contribution < -0.4 is 5.32 Å². The van der Waals surface area contributed by atoms with E-state index in [9.17, 15) is 18.0 Å². The monoisotopic (exact) mass is 440 g/mol. The van der Waals surface area contributed by atoms with Crippen LogP contribution in [0.5, 0.6) is 0 Å². The lowest BCUT2D eigenvalue weighted by Crippen LogP contribution is -2.48. The molecule has 9 heteroatoms. The van der Waals surface area contributed by atoms with Gasteiger partial charge in [-0.2, -0.15) is 13.2 Å². The number of rotatable bonds is 8. The number of amides is 1. The molecule has 1 aromatic heterocycles. The molecule has 1 aliphatic heterocycles. The molecule has 1 aromatic carbocycles. The molecular formula is C21H27F3N4OS. The fourth-order valence-electron chi connectivity index (χ4n) is 3.43. The van der Waals surface area contributed by atoms with E-state index < -0.39 is 17.6 Å². The fraction of sp³-hybridized carbons (Fsp3) is 0.524. The first-order valence-corrected chi connectivity index (χ1v) is 11.1. The van der Waals surface area contributed by atoms with Crippen LogP contribution in [0.4, 0.5) is 18.9 Å². The summed E-state index contributed by atoms with van der Waals surface area (Å²) in [7, 11) is 0. The molecule has 30 heavy (non-hydrogen) atoms. The van der Waals surface area contributed by atoms with E-state index in [-0.39, 0.29) is 12.2 Å². The van der Waals surface area contributed by atoms with Crippen molar-refractivity contribution in [1.29, 1.82) is 0 Å². The number of anilines is 1. The van der Waals surface area contributed by atoms with Crippen molar-refractivity contribution in [2.45, 2.75) is 38.9 Å². The number of hydrogen-bond acceptors (Lipinski definition) is 5. The van der Waals surface area contributed by atoms with Gasteiger partial charge in [-0.25, -0.2) is 4.98 Å². The van der Waals surface area contributed by atoms with Crippen LogP contribution in [0, 0.1) is 0 Å². The summed E-state index contributed by atoms with van der Waals surface area (Å²) in [6, 6.07) is 5.05. The Balaban J connectivity index is 1.45. The van der Waals surface area contributed by atoms with Crippen molar-refractivity contribution in [3.8, 4) is 0 Å². The molecule has 2 aromatic rings. The summed E-state index contributed by atoms with van der Waals surface area (Å²) in [5, 5.41) is 5.71. The Morgan fingerprint density at radius 3 is 2.57 bits per heavy atom. The molecule has 0 saturated carbocycles. The van der Waals surface area contributed by atoms with Gasteiger partial charge < -0.3 is 5.32 Å². The highest BCUT2D eigenvalue weighted by molar-refractivity contribution is 7.09. The van der Waals surface area contributed by atoms with E-state index in [0.717, 1.165) is 50.7 Å². The van der Waals surface area contributed by atoms with Crippen molar-refractivity contribution in [2.24, 2.45) is 0 Å². The van der Waals surface area contributed by atoms with Gasteiger partial charge in [0.2, 0.25) is 5.91 Å². The van der Waals surface area contributed by atoms with Crippen LogP contribution in [-0.2, 0) is 23.9 Å². The molecule has 1 fully saturated rings. The maximum Gasteiger partial charge on any atom is 0.418 e. The maximum atomic E-state index is 13.1. The summed E-state index contributed by atoms with van der Waals surface area (Å²) in [6.45, 7) is 6.04. The number of alkyl halides is 3. The van der Waals surface area contributed by atoms with Crippen LogP contribution in [0.3, 0.4) is 0 Å². The first-order chi connectivity index (χ1) is 14.3. The van der Waals surface area contributed by atoms with E-state index in [1.165, 1.54) is 23.2 Å². The number of hydrogen-bond donors (Lipinski definition) is 1. The normalized spacial score (nSPS) is 16.0. The lowest BCUT2D eigenvalue weighted by atomic mass is 10.1. The second-order valence-corrected chi connectivity index (χ2v) is 8.42. The van der Waals surface area contributed by atoms with Crippen LogP contribution in [0.15, 0.2) is 29.6 Å². The number of unbranched alkanes of at least 4 members (excludes halogenated alkanes) is 1. The summed E-state index contributed by atoms with van der Waals surface area (Å²) in [4.78, 5) is 21.2. The third-order valence-electron chi connectivity index (χ3n) is 5.07. The number of para-hydroxylation sites is 1. The third-order valence-corrected chi connectivity index (χ3v) is 6.03. The van der Waals surface area contributed by atoms with Crippen LogP contribution in [0.25, 0.3) is 0 Å². The van der Waals surface area contributed by atoms with Gasteiger partial charge in [-0.05, 0) is 25.0 Å². The Morgan fingerprint density at radius 1 is 1.17 bits per heavy atom. The van der Waals surface area contributed by atoms with E-state index in [1.54, 1.807) is 11.3 Å². The molecule has 1 amide bonds. The molecule has 0 bridgehead atoms. The molecule has 164 valence electrons. The van der Waals surface area contributed by atoms with Gasteiger partial charge >= 0.3 is 6.18 Å². The molecule has 0 spiro atoms. The van der Waals surface area contributed by atoms with Crippen molar-refractivity contribution < 1.29 is 18.0 Å². The summed E-state index contributed by atoms with van der Waals surface area (Å²) < 4.78 is 39.2. The molecule has 5 nitrogen and oxygen atoms in total. The van der Waals surface area contributed by atoms with Crippen LogP contribution in [0.1, 0.15) is 36.0 Å². The van der Waals surface area contributed by atoms with Crippen LogP contribution >= 0.6 is 11.3 Å². The molecule has 1 saturated heterocycles. The Bertz CT molecular complexity index is 832. The van der Waals surface area contributed by atoms with Gasteiger partial charge in [-0.3, -0.25) is 14.6 Å². The van der Waals surface area contributed by atoms with Gasteiger partial charge in [0.1, 0.15) is 0 Å². The van der Waals surface area contributed by atoms with E-state index >= 15 is 0 Å². The van der Waals surface area contributed by atoms with Crippen molar-refractivity contribution in [3.05, 3.63) is 45.9 Å². The molecular weight excluding hydrogens is 413 g/mol. The lowest BCUT2D eigenvalue weighted by Gasteiger charge is -2.33. The molecule has 1 N–H and O–H groups in total. The van der Waals surface area contributed by atoms with Gasteiger partial charge in [0.05, 0.1) is 28.5 Å². The maximum absolute atomic E-state index is 13.1. The average molecular weight is 441 g/mol. The second kappa shape index (κ2) is 10.4. The summed E-state index contributed by atoms with van der Waals surface area (Å²) >= 11 is 1.71. The number of halogens is 3. The Hall–Kier alpha value is -1.97. The first kappa shape index (κ1) is 22.7. The Kier molecular flexibility index (Phi) is 7.85. The van der Waals surface area contributed by atoms with E-state index in [0.29, 0.717) is 13.1 Å². The third kappa shape index (κ3) is 6.52. The minimum Gasteiger partial charge on any atom is -0.324 e. The van der Waals surface area contributed by atoms with E-state index in [4.69, 9.17) is 4.98 Å². The molecule has 0 atom stereocenters. The highest BCUT2D eigenvalue weighted by Gasteiger charge is 2.33. The summed E-state index contributed by atoms with van der Waals surface area (Å²) in [6.07, 6.45) is -1.16. The number of carbonyl (C=O) groups is 1. The average Bonchev–Trinajstić information content (AvgIpc) is 3.14. The number of thiazole rings is 1. The number of aromatic nitrogens is 1. The molecule has 2 heterocycles. The van der Waals surface area contributed by atoms with Gasteiger partial charge in [0, 0.05) is 38.1 Å². The smallest absolute Gasteiger partial charge is 0.324 e. The number of nitrogens with one attached hydrogen (secondary N) is 1. The minimum absolute atomic E-state index is 0.0812. The first-order valence-electron chi connectivity index (χ1n) is 10.2. The molecule has 1 aliphatic rings. The van der Waals surface area contributed by atoms with Gasteiger partial charge in [0.15, 0.2) is 0 Å². The van der Waals surface area contributed by atoms with Crippen molar-refractivity contribution in [2.75, 3.05) is 38.0 Å². The molecule has 3 rings (SSSR count). The van der Waals surface area contributed by atoms with Crippen LogP contribution in [0.2, 0.25) is 0 Å². The van der Waals surface area contributed by atoms with Crippen molar-refractivity contribution >= 4 is 22.9 Å². The predicted octanol–water partition coefficient (Wildman–Crippen LogP) is 4.26. The van der Waals surface area contributed by atoms with Crippen molar-refractivity contribution in [3.63, 3.8) is 0 Å². The topological polar surface area (TPSA) is 48.5 Å². The minimum atomic E-state index is -4.50. The number of benzene rings is 1. The number of nitrogens with zero attached hydrogens (tertiary/aromatic N) is 3.